The highest BCUT2D eigenvalue weighted by atomic mass is 35.5. The first-order chi connectivity index (χ1) is 9.54. The van der Waals surface area contributed by atoms with E-state index in [1.54, 1.807) is 11.8 Å². The zero-order valence-corrected chi connectivity index (χ0v) is 13.6. The van der Waals surface area contributed by atoms with Gasteiger partial charge in [0.15, 0.2) is 0 Å². The molecule has 2 nitrogen and oxygen atoms in total. The SMILES string of the molecule is CC1CCC(NC(=O)C(C)Sc2ccc(Cl)cc2)CC1. The normalized spacial score (nSPS) is 24.1. The quantitative estimate of drug-likeness (QED) is 0.829. The highest BCUT2D eigenvalue weighted by molar-refractivity contribution is 8.00. The van der Waals surface area contributed by atoms with Crippen LogP contribution in [0, 0.1) is 5.92 Å². The van der Waals surface area contributed by atoms with Crippen molar-refractivity contribution in [2.24, 2.45) is 5.92 Å². The Labute approximate surface area is 130 Å². The third kappa shape index (κ3) is 4.71. The molecule has 1 unspecified atom stereocenters. The molecule has 4 heteroatoms. The van der Waals surface area contributed by atoms with Crippen LogP contribution in [0.1, 0.15) is 39.5 Å². The smallest absolute Gasteiger partial charge is 0.233 e. The van der Waals surface area contributed by atoms with Gasteiger partial charge in [0.1, 0.15) is 0 Å². The molecule has 1 aromatic rings. The number of amides is 1. The van der Waals surface area contributed by atoms with Crippen molar-refractivity contribution in [2.75, 3.05) is 0 Å². The minimum atomic E-state index is -0.0736. The predicted octanol–water partition coefficient (Wildman–Crippen LogP) is 4.52. The summed E-state index contributed by atoms with van der Waals surface area (Å²) in [5, 5.41) is 3.84. The maximum Gasteiger partial charge on any atom is 0.233 e. The number of thioether (sulfide) groups is 1. The molecular formula is C16H22ClNOS. The molecule has 20 heavy (non-hydrogen) atoms. The zero-order chi connectivity index (χ0) is 14.5. The van der Waals surface area contributed by atoms with E-state index in [9.17, 15) is 4.79 Å². The van der Waals surface area contributed by atoms with Crippen LogP contribution >= 0.6 is 23.4 Å². The Balaban J connectivity index is 1.81. The molecule has 1 aliphatic carbocycles. The predicted molar refractivity (Wildman–Crippen MR) is 86.3 cm³/mol. The van der Waals surface area contributed by atoms with Gasteiger partial charge in [-0.25, -0.2) is 0 Å². The van der Waals surface area contributed by atoms with Crippen molar-refractivity contribution in [3.63, 3.8) is 0 Å². The molecule has 0 aromatic heterocycles. The van der Waals surface area contributed by atoms with Crippen LogP contribution in [0.15, 0.2) is 29.2 Å². The molecule has 1 aliphatic rings. The summed E-state index contributed by atoms with van der Waals surface area (Å²) in [5.41, 5.74) is 0. The van der Waals surface area contributed by atoms with Gasteiger partial charge in [-0.3, -0.25) is 4.79 Å². The van der Waals surface area contributed by atoms with Gasteiger partial charge in [0, 0.05) is 16.0 Å². The van der Waals surface area contributed by atoms with E-state index in [2.05, 4.69) is 12.2 Å². The number of hydrogen-bond donors (Lipinski definition) is 1. The van der Waals surface area contributed by atoms with Gasteiger partial charge >= 0.3 is 0 Å². The third-order valence-electron chi connectivity index (χ3n) is 3.86. The molecule has 1 aromatic carbocycles. The fourth-order valence-electron chi connectivity index (χ4n) is 2.49. The van der Waals surface area contributed by atoms with E-state index in [1.165, 1.54) is 12.8 Å². The van der Waals surface area contributed by atoms with Gasteiger partial charge in [-0.05, 0) is 62.8 Å². The van der Waals surface area contributed by atoms with Crippen molar-refractivity contribution < 1.29 is 4.79 Å². The van der Waals surface area contributed by atoms with Crippen molar-refractivity contribution in [1.82, 2.24) is 5.32 Å². The number of rotatable bonds is 4. The molecule has 0 radical (unpaired) electrons. The van der Waals surface area contributed by atoms with E-state index in [0.717, 1.165) is 28.7 Å². The van der Waals surface area contributed by atoms with Gasteiger partial charge in [0.05, 0.1) is 5.25 Å². The average molecular weight is 312 g/mol. The topological polar surface area (TPSA) is 29.1 Å². The van der Waals surface area contributed by atoms with Gasteiger partial charge in [-0.1, -0.05) is 18.5 Å². The number of benzene rings is 1. The lowest BCUT2D eigenvalue weighted by Gasteiger charge is -2.27. The Hall–Kier alpha value is -0.670. The van der Waals surface area contributed by atoms with Crippen LogP contribution in [0.2, 0.25) is 5.02 Å². The van der Waals surface area contributed by atoms with Gasteiger partial charge in [-0.2, -0.15) is 0 Å². The summed E-state index contributed by atoms with van der Waals surface area (Å²) >= 11 is 7.44. The third-order valence-corrected chi connectivity index (χ3v) is 5.22. The van der Waals surface area contributed by atoms with E-state index in [4.69, 9.17) is 11.6 Å². The Morgan fingerprint density at radius 1 is 1.25 bits per heavy atom. The molecule has 0 aliphatic heterocycles. The highest BCUT2D eigenvalue weighted by Crippen LogP contribution is 2.26. The standard InChI is InChI=1S/C16H22ClNOS/c1-11-3-7-14(8-4-11)18-16(19)12(2)20-15-9-5-13(17)6-10-15/h5-6,9-12,14H,3-4,7-8H2,1-2H3,(H,18,19). The monoisotopic (exact) mass is 311 g/mol. The first-order valence-corrected chi connectivity index (χ1v) is 8.53. The minimum absolute atomic E-state index is 0.0736. The molecule has 0 saturated heterocycles. The second-order valence-electron chi connectivity index (χ2n) is 5.68. The molecule has 0 spiro atoms. The van der Waals surface area contributed by atoms with Gasteiger partial charge in [0.25, 0.3) is 0 Å². The van der Waals surface area contributed by atoms with Crippen molar-refractivity contribution >= 4 is 29.3 Å². The molecular weight excluding hydrogens is 290 g/mol. The van der Waals surface area contributed by atoms with Gasteiger partial charge < -0.3 is 5.32 Å². The summed E-state index contributed by atoms with van der Waals surface area (Å²) in [5.74, 6) is 0.952. The summed E-state index contributed by atoms with van der Waals surface area (Å²) in [6, 6.07) is 8.00. The molecule has 1 fully saturated rings. The lowest BCUT2D eigenvalue weighted by atomic mass is 9.87. The summed E-state index contributed by atoms with van der Waals surface area (Å²) < 4.78 is 0. The second kappa shape index (κ2) is 7.37. The molecule has 1 N–H and O–H groups in total. The molecule has 2 rings (SSSR count). The van der Waals surface area contributed by atoms with Crippen LogP contribution in [0.25, 0.3) is 0 Å². The van der Waals surface area contributed by atoms with E-state index in [1.807, 2.05) is 31.2 Å². The van der Waals surface area contributed by atoms with Crippen LogP contribution < -0.4 is 5.32 Å². The largest absolute Gasteiger partial charge is 0.352 e. The van der Waals surface area contributed by atoms with Crippen molar-refractivity contribution in [2.45, 2.75) is 55.7 Å². The van der Waals surface area contributed by atoms with Crippen LogP contribution in [0.5, 0.6) is 0 Å². The first kappa shape index (κ1) is 15.7. The van der Waals surface area contributed by atoms with Crippen LogP contribution in [-0.4, -0.2) is 17.2 Å². The molecule has 1 atom stereocenters. The maximum atomic E-state index is 12.2. The summed E-state index contributed by atoms with van der Waals surface area (Å²) in [4.78, 5) is 13.3. The van der Waals surface area contributed by atoms with Crippen molar-refractivity contribution in [3.8, 4) is 0 Å². The average Bonchev–Trinajstić information content (AvgIpc) is 2.44. The Morgan fingerprint density at radius 3 is 2.45 bits per heavy atom. The van der Waals surface area contributed by atoms with Crippen molar-refractivity contribution in [3.05, 3.63) is 29.3 Å². The van der Waals surface area contributed by atoms with Gasteiger partial charge in [0.2, 0.25) is 5.91 Å². The van der Waals surface area contributed by atoms with Crippen LogP contribution in [-0.2, 0) is 4.79 Å². The van der Waals surface area contributed by atoms with Crippen LogP contribution in [0.4, 0.5) is 0 Å². The Kier molecular flexibility index (Phi) is 5.79. The summed E-state index contributed by atoms with van der Waals surface area (Å²) in [6.45, 7) is 4.25. The van der Waals surface area contributed by atoms with Gasteiger partial charge in [-0.15, -0.1) is 11.8 Å². The lowest BCUT2D eigenvalue weighted by Crippen LogP contribution is -2.41. The number of halogens is 1. The van der Waals surface area contributed by atoms with E-state index >= 15 is 0 Å². The highest BCUT2D eigenvalue weighted by Gasteiger charge is 2.22. The fraction of sp³-hybridized carbons (Fsp3) is 0.562. The molecule has 110 valence electrons. The first-order valence-electron chi connectivity index (χ1n) is 7.27. The van der Waals surface area contributed by atoms with E-state index in [0.29, 0.717) is 6.04 Å². The number of carbonyl (C=O) groups is 1. The summed E-state index contributed by atoms with van der Waals surface area (Å²) in [7, 11) is 0. The molecule has 0 bridgehead atoms. The van der Waals surface area contributed by atoms with Crippen LogP contribution in [0.3, 0.4) is 0 Å². The second-order valence-corrected chi connectivity index (χ2v) is 7.53. The Bertz CT molecular complexity index is 440. The van der Waals surface area contributed by atoms with Crippen molar-refractivity contribution in [1.29, 1.82) is 0 Å². The zero-order valence-electron chi connectivity index (χ0n) is 12.1. The minimum Gasteiger partial charge on any atom is -0.352 e. The Morgan fingerprint density at radius 2 is 1.85 bits per heavy atom. The molecule has 1 amide bonds. The van der Waals surface area contributed by atoms with E-state index < -0.39 is 0 Å². The molecule has 0 heterocycles. The number of carbonyl (C=O) groups excluding carboxylic acids is 1. The maximum absolute atomic E-state index is 12.2. The molecule has 1 saturated carbocycles. The number of nitrogens with one attached hydrogen (secondary N) is 1. The summed E-state index contributed by atoms with van der Waals surface area (Å²) in [6.07, 6.45) is 4.68. The fourth-order valence-corrected chi connectivity index (χ4v) is 3.50. The number of hydrogen-bond acceptors (Lipinski definition) is 2. The lowest BCUT2D eigenvalue weighted by molar-refractivity contribution is -0.121. The van der Waals surface area contributed by atoms with E-state index in [-0.39, 0.29) is 11.2 Å².